The van der Waals surface area contributed by atoms with Crippen LogP contribution in [0, 0.1) is 12.8 Å². The Hall–Kier alpha value is -2.61. The van der Waals surface area contributed by atoms with E-state index in [0.717, 1.165) is 24.1 Å². The number of piperazine rings is 2. The average molecular weight is 456 g/mol. The molecule has 33 heavy (non-hydrogen) atoms. The highest BCUT2D eigenvalue weighted by Gasteiger charge is 2.40. The zero-order chi connectivity index (χ0) is 23.4. The highest BCUT2D eigenvalue weighted by molar-refractivity contribution is 5.89. The summed E-state index contributed by atoms with van der Waals surface area (Å²) < 4.78 is 0. The van der Waals surface area contributed by atoms with Crippen LogP contribution < -0.4 is 5.32 Å². The third-order valence-electron chi connectivity index (χ3n) is 7.43. The number of hydrogen-bond donors (Lipinski definition) is 1. The van der Waals surface area contributed by atoms with E-state index in [0.29, 0.717) is 58.3 Å². The molecule has 4 amide bonds. The lowest BCUT2D eigenvalue weighted by Gasteiger charge is -2.43. The lowest BCUT2D eigenvalue weighted by Crippen LogP contribution is -2.61. The molecule has 1 atom stereocenters. The number of urea groups is 1. The minimum Gasteiger partial charge on any atom is -0.339 e. The molecule has 1 aromatic rings. The van der Waals surface area contributed by atoms with Crippen LogP contribution in [0.5, 0.6) is 0 Å². The lowest BCUT2D eigenvalue weighted by atomic mass is 9.94. The summed E-state index contributed by atoms with van der Waals surface area (Å²) in [7, 11) is 0. The van der Waals surface area contributed by atoms with E-state index in [1.54, 1.807) is 6.92 Å². The van der Waals surface area contributed by atoms with E-state index in [1.165, 1.54) is 12.8 Å². The largest absolute Gasteiger partial charge is 0.339 e. The van der Waals surface area contributed by atoms with Crippen molar-refractivity contribution >= 4 is 23.5 Å². The molecule has 2 heterocycles. The highest BCUT2D eigenvalue weighted by Crippen LogP contribution is 2.32. The van der Waals surface area contributed by atoms with Crippen LogP contribution >= 0.6 is 0 Å². The molecule has 1 unspecified atom stereocenters. The number of anilines is 1. The molecule has 0 radical (unpaired) electrons. The zero-order valence-corrected chi connectivity index (χ0v) is 20.0. The van der Waals surface area contributed by atoms with Gasteiger partial charge in [-0.25, -0.2) is 4.79 Å². The van der Waals surface area contributed by atoms with Crippen LogP contribution in [-0.2, 0) is 9.59 Å². The second kappa shape index (κ2) is 10.5. The SMILES string of the molecule is CC(=O)N1CCN(C(=O)C(C2CCCC2)N2CCN(C(=O)Nc3ccc(C)cc3)CC2)CC1. The second-order valence-electron chi connectivity index (χ2n) is 9.64. The number of carbonyl (C=O) groups excluding carboxylic acids is 3. The summed E-state index contributed by atoms with van der Waals surface area (Å²) in [6, 6.07) is 7.62. The normalized spacial score (nSPS) is 21.2. The Balaban J connectivity index is 1.36. The van der Waals surface area contributed by atoms with Crippen molar-refractivity contribution in [2.45, 2.75) is 45.6 Å². The van der Waals surface area contributed by atoms with Gasteiger partial charge in [-0.2, -0.15) is 0 Å². The topological polar surface area (TPSA) is 76.2 Å². The molecule has 4 rings (SSSR count). The molecule has 8 heteroatoms. The third-order valence-corrected chi connectivity index (χ3v) is 7.43. The van der Waals surface area contributed by atoms with Crippen molar-refractivity contribution in [3.05, 3.63) is 29.8 Å². The Labute approximate surface area is 196 Å². The molecule has 0 spiro atoms. The van der Waals surface area contributed by atoms with Crippen LogP contribution in [-0.4, -0.2) is 95.8 Å². The van der Waals surface area contributed by atoms with E-state index in [1.807, 2.05) is 45.9 Å². The lowest BCUT2D eigenvalue weighted by molar-refractivity contribution is -0.144. The van der Waals surface area contributed by atoms with Gasteiger partial charge in [0.25, 0.3) is 0 Å². The first kappa shape index (κ1) is 23.5. The maximum atomic E-state index is 13.6. The first-order valence-electron chi connectivity index (χ1n) is 12.3. The first-order valence-corrected chi connectivity index (χ1v) is 12.3. The van der Waals surface area contributed by atoms with Gasteiger partial charge in [0.2, 0.25) is 11.8 Å². The third kappa shape index (κ3) is 5.66. The Morgan fingerprint density at radius 3 is 1.94 bits per heavy atom. The van der Waals surface area contributed by atoms with Crippen LogP contribution in [0.25, 0.3) is 0 Å². The standard InChI is InChI=1S/C25H37N5O3/c1-19-7-9-22(10-8-19)26-25(33)30-17-13-28(14-18-30)23(21-5-3-4-6-21)24(32)29-15-11-27(12-16-29)20(2)31/h7-10,21,23H,3-6,11-18H2,1-2H3,(H,26,33). The summed E-state index contributed by atoms with van der Waals surface area (Å²) in [5.74, 6) is 0.674. The fourth-order valence-corrected chi connectivity index (χ4v) is 5.40. The Bertz CT molecular complexity index is 836. The Kier molecular flexibility index (Phi) is 7.53. The molecule has 2 saturated heterocycles. The summed E-state index contributed by atoms with van der Waals surface area (Å²) in [6.07, 6.45) is 4.56. The fourth-order valence-electron chi connectivity index (χ4n) is 5.40. The number of aryl methyl sites for hydroxylation is 1. The minimum absolute atomic E-state index is 0.0782. The van der Waals surface area contributed by atoms with E-state index in [9.17, 15) is 14.4 Å². The number of nitrogens with one attached hydrogen (secondary N) is 1. The Morgan fingerprint density at radius 2 is 1.36 bits per heavy atom. The van der Waals surface area contributed by atoms with Crippen molar-refractivity contribution in [1.82, 2.24) is 19.6 Å². The smallest absolute Gasteiger partial charge is 0.321 e. The van der Waals surface area contributed by atoms with Gasteiger partial charge in [-0.05, 0) is 37.8 Å². The number of amides is 4. The van der Waals surface area contributed by atoms with Gasteiger partial charge in [0.05, 0.1) is 6.04 Å². The molecular weight excluding hydrogens is 418 g/mol. The van der Waals surface area contributed by atoms with Crippen LogP contribution in [0.4, 0.5) is 10.5 Å². The van der Waals surface area contributed by atoms with Gasteiger partial charge >= 0.3 is 6.03 Å². The highest BCUT2D eigenvalue weighted by atomic mass is 16.2. The molecule has 1 aliphatic carbocycles. The maximum Gasteiger partial charge on any atom is 0.321 e. The van der Waals surface area contributed by atoms with Gasteiger partial charge in [0.15, 0.2) is 0 Å². The van der Waals surface area contributed by atoms with Crippen LogP contribution in [0.2, 0.25) is 0 Å². The van der Waals surface area contributed by atoms with E-state index in [-0.39, 0.29) is 23.9 Å². The van der Waals surface area contributed by atoms with E-state index in [2.05, 4.69) is 10.2 Å². The number of nitrogens with zero attached hydrogens (tertiary/aromatic N) is 4. The van der Waals surface area contributed by atoms with Crippen molar-refractivity contribution in [2.75, 3.05) is 57.7 Å². The monoisotopic (exact) mass is 455 g/mol. The molecule has 3 fully saturated rings. The summed E-state index contributed by atoms with van der Waals surface area (Å²) in [5.41, 5.74) is 1.96. The molecule has 3 aliphatic rings. The van der Waals surface area contributed by atoms with Crippen molar-refractivity contribution < 1.29 is 14.4 Å². The molecule has 0 bridgehead atoms. The van der Waals surface area contributed by atoms with Crippen LogP contribution in [0.1, 0.15) is 38.2 Å². The zero-order valence-electron chi connectivity index (χ0n) is 20.0. The van der Waals surface area contributed by atoms with E-state index >= 15 is 0 Å². The number of hydrogen-bond acceptors (Lipinski definition) is 4. The van der Waals surface area contributed by atoms with Crippen molar-refractivity contribution in [2.24, 2.45) is 5.92 Å². The van der Waals surface area contributed by atoms with Gasteiger partial charge < -0.3 is 20.0 Å². The van der Waals surface area contributed by atoms with Gasteiger partial charge in [-0.3, -0.25) is 14.5 Å². The molecule has 1 aromatic carbocycles. The average Bonchev–Trinajstić information content (AvgIpc) is 3.35. The van der Waals surface area contributed by atoms with Crippen molar-refractivity contribution in [3.63, 3.8) is 0 Å². The fraction of sp³-hybridized carbons (Fsp3) is 0.640. The quantitative estimate of drug-likeness (QED) is 0.757. The molecule has 2 aliphatic heterocycles. The molecule has 0 aromatic heterocycles. The van der Waals surface area contributed by atoms with Gasteiger partial charge in [0, 0.05) is 65.0 Å². The predicted molar refractivity (Wildman–Crippen MR) is 128 cm³/mol. The summed E-state index contributed by atoms with van der Waals surface area (Å²) in [6.45, 7) is 8.73. The summed E-state index contributed by atoms with van der Waals surface area (Å²) >= 11 is 0. The van der Waals surface area contributed by atoms with Crippen molar-refractivity contribution in [1.29, 1.82) is 0 Å². The molecule has 180 valence electrons. The first-order chi connectivity index (χ1) is 15.9. The molecule has 8 nitrogen and oxygen atoms in total. The number of rotatable bonds is 4. The van der Waals surface area contributed by atoms with E-state index in [4.69, 9.17) is 0 Å². The van der Waals surface area contributed by atoms with Crippen molar-refractivity contribution in [3.8, 4) is 0 Å². The molecular formula is C25H37N5O3. The Morgan fingerprint density at radius 1 is 0.818 bits per heavy atom. The minimum atomic E-state index is -0.112. The molecule has 1 saturated carbocycles. The summed E-state index contributed by atoms with van der Waals surface area (Å²) in [4.78, 5) is 46.0. The van der Waals surface area contributed by atoms with Gasteiger partial charge in [0.1, 0.15) is 0 Å². The van der Waals surface area contributed by atoms with Crippen LogP contribution in [0.15, 0.2) is 24.3 Å². The van der Waals surface area contributed by atoms with E-state index < -0.39 is 0 Å². The predicted octanol–water partition coefficient (Wildman–Crippen LogP) is 2.39. The summed E-state index contributed by atoms with van der Waals surface area (Å²) in [5, 5.41) is 2.99. The van der Waals surface area contributed by atoms with Gasteiger partial charge in [-0.15, -0.1) is 0 Å². The second-order valence-corrected chi connectivity index (χ2v) is 9.64. The molecule has 1 N–H and O–H groups in total. The number of benzene rings is 1. The van der Waals surface area contributed by atoms with Gasteiger partial charge in [-0.1, -0.05) is 30.5 Å². The maximum absolute atomic E-state index is 13.6. The van der Waals surface area contributed by atoms with Crippen LogP contribution in [0.3, 0.4) is 0 Å². The number of carbonyl (C=O) groups is 3.